The molecule has 1 saturated heterocycles. The summed E-state index contributed by atoms with van der Waals surface area (Å²) >= 11 is 0. The topological polar surface area (TPSA) is 94.9 Å². The highest BCUT2D eigenvalue weighted by Crippen LogP contribution is 2.29. The van der Waals surface area contributed by atoms with E-state index >= 15 is 0 Å². The summed E-state index contributed by atoms with van der Waals surface area (Å²) in [5, 5.41) is 18.4. The van der Waals surface area contributed by atoms with E-state index in [0.717, 1.165) is 18.6 Å². The third kappa shape index (κ3) is 3.03. The molecule has 0 aliphatic carbocycles. The van der Waals surface area contributed by atoms with Gasteiger partial charge < -0.3 is 10.2 Å². The van der Waals surface area contributed by atoms with Gasteiger partial charge in [0.15, 0.2) is 0 Å². The van der Waals surface area contributed by atoms with Gasteiger partial charge in [-0.15, -0.1) is 0 Å². The van der Waals surface area contributed by atoms with Crippen molar-refractivity contribution in [3.63, 3.8) is 0 Å². The Labute approximate surface area is 124 Å². The van der Waals surface area contributed by atoms with Crippen molar-refractivity contribution in [3.8, 4) is 5.75 Å². The molecule has 0 spiro atoms. The third-order valence-electron chi connectivity index (χ3n) is 4.13. The Bertz CT molecular complexity index is 655. The van der Waals surface area contributed by atoms with Crippen LogP contribution in [0.25, 0.3) is 0 Å². The molecule has 0 saturated carbocycles. The van der Waals surface area contributed by atoms with Crippen molar-refractivity contribution in [2.75, 3.05) is 13.1 Å². The van der Waals surface area contributed by atoms with Crippen molar-refractivity contribution < 1.29 is 23.4 Å². The largest absolute Gasteiger partial charge is 0.507 e. The van der Waals surface area contributed by atoms with E-state index in [9.17, 15) is 18.3 Å². The molecule has 6 nitrogen and oxygen atoms in total. The van der Waals surface area contributed by atoms with Gasteiger partial charge in [-0.2, -0.15) is 4.31 Å². The van der Waals surface area contributed by atoms with Crippen LogP contribution in [-0.2, 0) is 10.0 Å². The predicted molar refractivity (Wildman–Crippen MR) is 76.8 cm³/mol. The van der Waals surface area contributed by atoms with Crippen LogP contribution in [0.4, 0.5) is 0 Å². The fraction of sp³-hybridized carbons (Fsp3) is 0.500. The zero-order valence-corrected chi connectivity index (χ0v) is 12.8. The van der Waals surface area contributed by atoms with Crippen LogP contribution in [0.1, 0.15) is 30.6 Å². The van der Waals surface area contributed by atoms with Crippen LogP contribution in [-0.4, -0.2) is 42.0 Å². The minimum absolute atomic E-state index is 0.0977. The van der Waals surface area contributed by atoms with Crippen LogP contribution in [0.5, 0.6) is 5.75 Å². The molecule has 0 bridgehead atoms. The van der Waals surface area contributed by atoms with E-state index in [4.69, 9.17) is 5.11 Å². The molecule has 0 radical (unpaired) electrons. The number of aromatic hydroxyl groups is 1. The monoisotopic (exact) mass is 313 g/mol. The quantitative estimate of drug-likeness (QED) is 0.886. The number of sulfonamides is 1. The van der Waals surface area contributed by atoms with Crippen molar-refractivity contribution in [2.45, 2.75) is 25.2 Å². The molecule has 2 atom stereocenters. The van der Waals surface area contributed by atoms with Gasteiger partial charge in [-0.05, 0) is 36.5 Å². The summed E-state index contributed by atoms with van der Waals surface area (Å²) in [7, 11) is -3.73. The van der Waals surface area contributed by atoms with Gasteiger partial charge in [-0.1, -0.05) is 13.8 Å². The zero-order valence-electron chi connectivity index (χ0n) is 12.0. The second-order valence-corrected chi connectivity index (χ2v) is 7.53. The minimum Gasteiger partial charge on any atom is -0.507 e. The van der Waals surface area contributed by atoms with E-state index < -0.39 is 27.3 Å². The highest BCUT2D eigenvalue weighted by molar-refractivity contribution is 7.89. The molecule has 0 aromatic heterocycles. The molecule has 1 aliphatic rings. The number of benzene rings is 1. The standard InChI is InChI=1S/C14H19NO5S/c1-9-5-6-15(8-10(9)2)21(19,20)11-3-4-13(16)12(7-11)14(17)18/h3-4,7,9-10,16H,5-6,8H2,1-2H3,(H,17,18). The highest BCUT2D eigenvalue weighted by atomic mass is 32.2. The summed E-state index contributed by atoms with van der Waals surface area (Å²) in [6.07, 6.45) is 0.782. The number of aromatic carboxylic acids is 1. The summed E-state index contributed by atoms with van der Waals surface area (Å²) in [4.78, 5) is 10.9. The number of phenols is 1. The number of nitrogens with zero attached hydrogens (tertiary/aromatic N) is 1. The van der Waals surface area contributed by atoms with E-state index in [1.807, 2.05) is 6.92 Å². The lowest BCUT2D eigenvalue weighted by Gasteiger charge is -2.34. The number of hydrogen-bond donors (Lipinski definition) is 2. The number of piperidine rings is 1. The average molecular weight is 313 g/mol. The molecule has 1 aromatic carbocycles. The predicted octanol–water partition coefficient (Wildman–Crippen LogP) is 1.76. The first-order valence-electron chi connectivity index (χ1n) is 6.80. The molecule has 1 fully saturated rings. The second kappa shape index (κ2) is 5.65. The van der Waals surface area contributed by atoms with E-state index in [1.54, 1.807) is 0 Å². The molecule has 1 aromatic rings. The summed E-state index contributed by atoms with van der Waals surface area (Å²) < 4.78 is 26.5. The summed E-state index contributed by atoms with van der Waals surface area (Å²) in [5.74, 6) is -1.08. The first-order valence-corrected chi connectivity index (χ1v) is 8.24. The van der Waals surface area contributed by atoms with E-state index in [2.05, 4.69) is 6.92 Å². The Morgan fingerprint density at radius 2 is 1.95 bits per heavy atom. The Balaban J connectivity index is 2.36. The van der Waals surface area contributed by atoms with Gasteiger partial charge in [0.05, 0.1) is 4.90 Å². The lowest BCUT2D eigenvalue weighted by Crippen LogP contribution is -2.42. The lowest BCUT2D eigenvalue weighted by molar-refractivity contribution is 0.0693. The average Bonchev–Trinajstić information content (AvgIpc) is 2.41. The van der Waals surface area contributed by atoms with E-state index in [1.165, 1.54) is 10.4 Å². The molecule has 2 rings (SSSR count). The number of rotatable bonds is 3. The molecule has 2 unspecified atom stereocenters. The summed E-state index contributed by atoms with van der Waals surface area (Å²) in [6, 6.07) is 3.35. The number of hydrogen-bond acceptors (Lipinski definition) is 4. The molecular weight excluding hydrogens is 294 g/mol. The Hall–Kier alpha value is -1.60. The van der Waals surface area contributed by atoms with Crippen molar-refractivity contribution >= 4 is 16.0 Å². The van der Waals surface area contributed by atoms with Gasteiger partial charge in [0.1, 0.15) is 11.3 Å². The van der Waals surface area contributed by atoms with Crippen LogP contribution < -0.4 is 0 Å². The fourth-order valence-electron chi connectivity index (χ4n) is 2.44. The number of carbonyl (C=O) groups is 1. The van der Waals surface area contributed by atoms with Crippen LogP contribution in [0, 0.1) is 11.8 Å². The van der Waals surface area contributed by atoms with Crippen LogP contribution in [0.3, 0.4) is 0 Å². The zero-order chi connectivity index (χ0) is 15.8. The van der Waals surface area contributed by atoms with Gasteiger partial charge in [0, 0.05) is 13.1 Å². The van der Waals surface area contributed by atoms with Gasteiger partial charge in [0.25, 0.3) is 0 Å². The Morgan fingerprint density at radius 1 is 1.29 bits per heavy atom. The van der Waals surface area contributed by atoms with Crippen molar-refractivity contribution in [3.05, 3.63) is 23.8 Å². The first-order chi connectivity index (χ1) is 9.73. The van der Waals surface area contributed by atoms with Crippen LogP contribution in [0.2, 0.25) is 0 Å². The molecule has 2 N–H and O–H groups in total. The number of carboxylic acids is 1. The third-order valence-corrected chi connectivity index (χ3v) is 5.99. The lowest BCUT2D eigenvalue weighted by atomic mass is 9.90. The Kier molecular flexibility index (Phi) is 4.25. The summed E-state index contributed by atoms with van der Waals surface area (Å²) in [5.41, 5.74) is -0.408. The molecular formula is C14H19NO5S. The first kappa shape index (κ1) is 15.8. The highest BCUT2D eigenvalue weighted by Gasteiger charge is 2.32. The van der Waals surface area contributed by atoms with Gasteiger partial charge >= 0.3 is 5.97 Å². The Morgan fingerprint density at radius 3 is 2.52 bits per heavy atom. The molecule has 0 amide bonds. The molecule has 116 valence electrons. The van der Waals surface area contributed by atoms with E-state index in [-0.39, 0.29) is 10.8 Å². The smallest absolute Gasteiger partial charge is 0.339 e. The van der Waals surface area contributed by atoms with Gasteiger partial charge in [0.2, 0.25) is 10.0 Å². The maximum Gasteiger partial charge on any atom is 0.339 e. The maximum atomic E-state index is 12.6. The van der Waals surface area contributed by atoms with Gasteiger partial charge in [-0.3, -0.25) is 0 Å². The number of carboxylic acid groups (broad SMARTS) is 1. The summed E-state index contributed by atoms with van der Waals surface area (Å²) in [6.45, 7) is 4.95. The van der Waals surface area contributed by atoms with Gasteiger partial charge in [-0.25, -0.2) is 13.2 Å². The fourth-order valence-corrected chi connectivity index (χ4v) is 4.02. The van der Waals surface area contributed by atoms with Crippen molar-refractivity contribution in [1.29, 1.82) is 0 Å². The SMILES string of the molecule is CC1CCN(S(=O)(=O)c2ccc(O)c(C(=O)O)c2)CC1C. The van der Waals surface area contributed by atoms with Crippen LogP contribution in [0.15, 0.2) is 23.1 Å². The molecule has 1 heterocycles. The second-order valence-electron chi connectivity index (χ2n) is 5.59. The molecule has 7 heteroatoms. The van der Waals surface area contributed by atoms with Crippen molar-refractivity contribution in [1.82, 2.24) is 4.31 Å². The normalized spacial score (nSPS) is 23.9. The maximum absolute atomic E-state index is 12.6. The van der Waals surface area contributed by atoms with E-state index in [0.29, 0.717) is 19.0 Å². The minimum atomic E-state index is -3.73. The van der Waals surface area contributed by atoms with Crippen LogP contribution >= 0.6 is 0 Å². The molecule has 1 aliphatic heterocycles. The van der Waals surface area contributed by atoms with Crippen molar-refractivity contribution in [2.24, 2.45) is 11.8 Å². The molecule has 21 heavy (non-hydrogen) atoms.